The molecule has 0 spiro atoms. The first-order chi connectivity index (χ1) is 3.81. The molecule has 0 unspecified atom stereocenters. The van der Waals surface area contributed by atoms with Crippen LogP contribution in [0.1, 0.15) is 0 Å². The van der Waals surface area contributed by atoms with Crippen LogP contribution in [0.2, 0.25) is 0 Å². The topological polar surface area (TPSA) is 38.4 Å². The molecule has 0 aromatic carbocycles. The Labute approximate surface area is 67.4 Å². The van der Waals surface area contributed by atoms with Gasteiger partial charge in [-0.3, -0.25) is 0 Å². The van der Waals surface area contributed by atoms with E-state index in [4.69, 9.17) is 5.73 Å². The van der Waals surface area contributed by atoms with Crippen molar-refractivity contribution in [1.82, 2.24) is 0 Å². The summed E-state index contributed by atoms with van der Waals surface area (Å²) in [6.45, 7) is 0. The number of amidine groups is 1. The Morgan fingerprint density at radius 1 is 1.75 bits per heavy atom. The zero-order valence-electron chi connectivity index (χ0n) is 4.04. The third kappa shape index (κ3) is 4.41. The number of nitrogens with zero attached hydrogens (tertiary/aromatic N) is 1. The second-order valence-electron chi connectivity index (χ2n) is 0.952. The van der Waals surface area contributed by atoms with E-state index in [0.29, 0.717) is 5.84 Å². The summed E-state index contributed by atoms with van der Waals surface area (Å²) in [4.78, 5) is 5.48. The van der Waals surface area contributed by atoms with Crippen molar-refractivity contribution < 1.29 is 19.4 Å². The summed E-state index contributed by atoms with van der Waals surface area (Å²) in [5.74, 6) is 0.525. The van der Waals surface area contributed by atoms with Crippen LogP contribution in [0.15, 0.2) is 16.1 Å². The molecule has 0 aromatic heterocycles. The van der Waals surface area contributed by atoms with Crippen molar-refractivity contribution in [3.63, 3.8) is 0 Å². The van der Waals surface area contributed by atoms with Gasteiger partial charge < -0.3 is 0 Å². The molecule has 0 bridgehead atoms. The first kappa shape index (κ1) is 8.25. The van der Waals surface area contributed by atoms with Crippen molar-refractivity contribution in [2.24, 2.45) is 10.7 Å². The van der Waals surface area contributed by atoms with E-state index in [1.54, 1.807) is 15.6 Å². The van der Waals surface area contributed by atoms with Gasteiger partial charge in [-0.15, -0.1) is 0 Å². The number of rotatable bonds is 2. The van der Waals surface area contributed by atoms with Gasteiger partial charge >= 0.3 is 67.4 Å². The van der Waals surface area contributed by atoms with Gasteiger partial charge in [0.15, 0.2) is 0 Å². The van der Waals surface area contributed by atoms with E-state index < -0.39 is 0 Å². The van der Waals surface area contributed by atoms with Crippen molar-refractivity contribution in [2.75, 3.05) is 0 Å². The second-order valence-corrected chi connectivity index (χ2v) is 2.24. The Kier molecular flexibility index (Phi) is 5.55. The SMILES string of the molecule is NC(C=CBr)=N[CH]=[W]. The number of aliphatic imine (C=N–C) groups is 1. The molecule has 0 saturated heterocycles. The fourth-order valence-corrected chi connectivity index (χ4v) is 0.877. The number of halogens is 1. The maximum absolute atomic E-state index is 5.31. The first-order valence-corrected chi connectivity index (χ1v) is 4.46. The van der Waals surface area contributed by atoms with E-state index in [9.17, 15) is 0 Å². The molecule has 2 N–H and O–H groups in total. The molecule has 44 valence electrons. The van der Waals surface area contributed by atoms with Gasteiger partial charge in [0, 0.05) is 0 Å². The quantitative estimate of drug-likeness (QED) is 0.577. The van der Waals surface area contributed by atoms with Gasteiger partial charge in [0.1, 0.15) is 0 Å². The van der Waals surface area contributed by atoms with E-state index in [-0.39, 0.29) is 0 Å². The van der Waals surface area contributed by atoms with Crippen molar-refractivity contribution in [3.8, 4) is 0 Å². The van der Waals surface area contributed by atoms with E-state index in [1.165, 1.54) is 19.4 Å². The van der Waals surface area contributed by atoms with Gasteiger partial charge in [-0.1, -0.05) is 0 Å². The summed E-state index contributed by atoms with van der Waals surface area (Å²) >= 11 is 4.37. The second kappa shape index (κ2) is 5.39. The Morgan fingerprint density at radius 3 is 2.75 bits per heavy atom. The maximum atomic E-state index is 5.31. The van der Waals surface area contributed by atoms with Gasteiger partial charge in [0.05, 0.1) is 0 Å². The Hall–Kier alpha value is 0.248. The van der Waals surface area contributed by atoms with Crippen LogP contribution in [0.5, 0.6) is 0 Å². The average Bonchev–Trinajstić information content (AvgIpc) is 1.68. The third-order valence-electron chi connectivity index (χ3n) is 0.436. The summed E-state index contributed by atoms with van der Waals surface area (Å²) in [7, 11) is 0. The summed E-state index contributed by atoms with van der Waals surface area (Å²) < 4.78 is 1.72. The van der Waals surface area contributed by atoms with E-state index >= 15 is 0 Å². The van der Waals surface area contributed by atoms with Crippen molar-refractivity contribution in [3.05, 3.63) is 11.1 Å². The van der Waals surface area contributed by atoms with Crippen LogP contribution in [0.3, 0.4) is 0 Å². The molecule has 0 amide bonds. The molecule has 4 heteroatoms. The fraction of sp³-hybridized carbons (Fsp3) is 0. The molecule has 2 nitrogen and oxygen atoms in total. The minimum atomic E-state index is 0.525. The first-order valence-electron chi connectivity index (χ1n) is 1.85. The zero-order chi connectivity index (χ0) is 6.41. The fourth-order valence-electron chi connectivity index (χ4n) is 0.168. The van der Waals surface area contributed by atoms with E-state index in [2.05, 4.69) is 20.9 Å². The molecule has 0 rings (SSSR count). The van der Waals surface area contributed by atoms with Crippen LogP contribution in [-0.4, -0.2) is 10.4 Å². The number of nitrogens with two attached hydrogens (primary N) is 1. The molecule has 0 atom stereocenters. The van der Waals surface area contributed by atoms with Crippen LogP contribution in [0, 0.1) is 0 Å². The van der Waals surface area contributed by atoms with Crippen LogP contribution in [0.25, 0.3) is 0 Å². The van der Waals surface area contributed by atoms with E-state index in [0.717, 1.165) is 0 Å². The van der Waals surface area contributed by atoms with Crippen LogP contribution in [0.4, 0.5) is 0 Å². The Bertz CT molecular complexity index is 130. The number of hydrogen-bond donors (Lipinski definition) is 1. The third-order valence-corrected chi connectivity index (χ3v) is 1.08. The van der Waals surface area contributed by atoms with Gasteiger partial charge in [-0.25, -0.2) is 0 Å². The molecule has 0 aliphatic heterocycles. The summed E-state index contributed by atoms with van der Waals surface area (Å²) in [6, 6.07) is 0. The molecule has 0 fully saturated rings. The monoisotopic (exact) mass is 344 g/mol. The molecule has 0 heterocycles. The van der Waals surface area contributed by atoms with Crippen molar-refractivity contribution in [1.29, 1.82) is 0 Å². The van der Waals surface area contributed by atoms with E-state index in [1.807, 2.05) is 0 Å². The van der Waals surface area contributed by atoms with Gasteiger partial charge in [-0.2, -0.15) is 0 Å². The molecular formula is C4H5BrN2W. The average molecular weight is 345 g/mol. The zero-order valence-corrected chi connectivity index (χ0v) is 8.56. The molecule has 0 radical (unpaired) electrons. The number of hydrogen-bond acceptors (Lipinski definition) is 1. The summed E-state index contributed by atoms with van der Waals surface area (Å²) in [6.07, 6.45) is 1.68. The van der Waals surface area contributed by atoms with Crippen LogP contribution >= 0.6 is 15.9 Å². The standard InChI is InChI=1S/C4H5BrN2.W/c1-7-4(6)2-3-5;/h1-3H,6H2;. The molecule has 0 aliphatic carbocycles. The van der Waals surface area contributed by atoms with Crippen LogP contribution in [-0.2, 0) is 19.4 Å². The van der Waals surface area contributed by atoms with Crippen molar-refractivity contribution >= 4 is 26.3 Å². The predicted octanol–water partition coefficient (Wildman–Crippen LogP) is 0.559. The van der Waals surface area contributed by atoms with Crippen molar-refractivity contribution in [2.45, 2.75) is 0 Å². The molecule has 8 heavy (non-hydrogen) atoms. The predicted molar refractivity (Wildman–Crippen MR) is 35.8 cm³/mol. The van der Waals surface area contributed by atoms with Crippen LogP contribution < -0.4 is 5.73 Å². The Morgan fingerprint density at radius 2 is 2.38 bits per heavy atom. The summed E-state index contributed by atoms with van der Waals surface area (Å²) in [5.41, 5.74) is 5.31. The van der Waals surface area contributed by atoms with Gasteiger partial charge in [0.2, 0.25) is 0 Å². The minimum absolute atomic E-state index is 0.525. The Balaban J connectivity index is 3.79. The van der Waals surface area contributed by atoms with Gasteiger partial charge in [0.25, 0.3) is 0 Å². The normalized spacial score (nSPS) is 12.4. The van der Waals surface area contributed by atoms with Gasteiger partial charge in [-0.05, 0) is 0 Å². The molecule has 0 saturated carbocycles. The molecule has 0 aromatic rings. The molecular weight excluding hydrogens is 340 g/mol. The summed E-state index contributed by atoms with van der Waals surface area (Å²) in [5, 5.41) is 0. The molecule has 0 aliphatic rings.